The van der Waals surface area contributed by atoms with E-state index in [1.807, 2.05) is 30.3 Å². The van der Waals surface area contributed by atoms with Crippen LogP contribution in [0.5, 0.6) is 5.75 Å². The van der Waals surface area contributed by atoms with Crippen molar-refractivity contribution in [3.63, 3.8) is 0 Å². The predicted octanol–water partition coefficient (Wildman–Crippen LogP) is 5.05. The maximum Gasteiger partial charge on any atom is 0.216 e. The van der Waals surface area contributed by atoms with Crippen LogP contribution in [0.4, 0.5) is 0 Å². The number of aryl methyl sites for hydroxylation is 2. The summed E-state index contributed by atoms with van der Waals surface area (Å²) in [7, 11) is 0. The van der Waals surface area contributed by atoms with Crippen LogP contribution in [-0.2, 0) is 13.0 Å². The lowest BCUT2D eigenvalue weighted by Gasteiger charge is -2.07. The van der Waals surface area contributed by atoms with Gasteiger partial charge in [-0.1, -0.05) is 43.2 Å². The number of benzene rings is 2. The molecule has 0 saturated heterocycles. The maximum atomic E-state index is 5.85. The lowest BCUT2D eigenvalue weighted by molar-refractivity contribution is 0.306. The van der Waals surface area contributed by atoms with Crippen molar-refractivity contribution >= 4 is 18.4 Å². The van der Waals surface area contributed by atoms with E-state index in [-0.39, 0.29) is 0 Å². The molecular weight excluding hydrogens is 356 g/mol. The van der Waals surface area contributed by atoms with Gasteiger partial charge >= 0.3 is 0 Å². The number of aromatic amines is 1. The highest BCUT2D eigenvalue weighted by Gasteiger charge is 2.04. The molecule has 0 unspecified atom stereocenters. The zero-order chi connectivity index (χ0) is 19.1. The first-order valence-corrected chi connectivity index (χ1v) is 9.55. The average molecular weight is 381 g/mol. The molecule has 27 heavy (non-hydrogen) atoms. The number of ether oxygens (including phenoxy) is 1. The smallest absolute Gasteiger partial charge is 0.216 e. The minimum Gasteiger partial charge on any atom is -0.489 e. The molecule has 2 aromatic carbocycles. The average Bonchev–Trinajstić information content (AvgIpc) is 3.03. The van der Waals surface area contributed by atoms with Crippen molar-refractivity contribution in [1.29, 1.82) is 0 Å². The van der Waals surface area contributed by atoms with Crippen molar-refractivity contribution in [2.75, 3.05) is 0 Å². The Bertz CT molecular complexity index is 957. The SMILES string of the molecule is CCCCc1n[nH]c(=S)n1/N=C/c1ccc(OCc2cccc(C)c2)cc1. The molecule has 140 valence electrons. The Morgan fingerprint density at radius 1 is 1.22 bits per heavy atom. The van der Waals surface area contributed by atoms with Crippen LogP contribution in [0.2, 0.25) is 0 Å². The van der Waals surface area contributed by atoms with Crippen LogP contribution in [0.1, 0.15) is 42.3 Å². The van der Waals surface area contributed by atoms with E-state index in [9.17, 15) is 0 Å². The summed E-state index contributed by atoms with van der Waals surface area (Å²) in [6, 6.07) is 16.2. The maximum absolute atomic E-state index is 5.85. The molecular formula is C21H24N4OS. The van der Waals surface area contributed by atoms with E-state index in [1.165, 1.54) is 5.56 Å². The monoisotopic (exact) mass is 380 g/mol. The largest absolute Gasteiger partial charge is 0.489 e. The first-order chi connectivity index (χ1) is 13.2. The van der Waals surface area contributed by atoms with Gasteiger partial charge in [-0.25, -0.2) is 0 Å². The number of hydrogen-bond donors (Lipinski definition) is 1. The fourth-order valence-electron chi connectivity index (χ4n) is 2.68. The van der Waals surface area contributed by atoms with Crippen molar-refractivity contribution in [2.45, 2.75) is 39.7 Å². The molecule has 5 nitrogen and oxygen atoms in total. The van der Waals surface area contributed by atoms with E-state index in [4.69, 9.17) is 17.0 Å². The molecule has 0 radical (unpaired) electrons. The lowest BCUT2D eigenvalue weighted by Crippen LogP contribution is -1.99. The van der Waals surface area contributed by atoms with Gasteiger partial charge in [0.15, 0.2) is 5.82 Å². The molecule has 0 aliphatic rings. The summed E-state index contributed by atoms with van der Waals surface area (Å²) in [5.74, 6) is 1.69. The van der Waals surface area contributed by atoms with Gasteiger partial charge in [-0.2, -0.15) is 14.9 Å². The Morgan fingerprint density at radius 3 is 2.78 bits per heavy atom. The van der Waals surface area contributed by atoms with Gasteiger partial charge in [-0.15, -0.1) is 0 Å². The zero-order valence-electron chi connectivity index (χ0n) is 15.7. The topological polar surface area (TPSA) is 55.2 Å². The van der Waals surface area contributed by atoms with Gasteiger partial charge in [0.25, 0.3) is 0 Å². The van der Waals surface area contributed by atoms with Crippen molar-refractivity contribution in [3.05, 3.63) is 75.8 Å². The molecule has 3 rings (SSSR count). The standard InChI is InChI=1S/C21H24N4OS/c1-3-4-8-20-23-24-21(27)25(20)22-14-17-9-11-19(12-10-17)26-15-18-7-5-6-16(2)13-18/h5-7,9-14H,3-4,8,15H2,1-2H3,(H,24,27)/b22-14+. The molecule has 0 aliphatic carbocycles. The Morgan fingerprint density at radius 2 is 2.04 bits per heavy atom. The fourth-order valence-corrected chi connectivity index (χ4v) is 2.88. The lowest BCUT2D eigenvalue weighted by atomic mass is 10.1. The number of H-pyrrole nitrogens is 1. The third-order valence-electron chi connectivity index (χ3n) is 4.16. The highest BCUT2D eigenvalue weighted by molar-refractivity contribution is 7.71. The van der Waals surface area contributed by atoms with E-state index < -0.39 is 0 Å². The van der Waals surface area contributed by atoms with Crippen LogP contribution in [0, 0.1) is 11.7 Å². The molecule has 0 fully saturated rings. The van der Waals surface area contributed by atoms with Crippen LogP contribution in [-0.4, -0.2) is 21.1 Å². The molecule has 0 bridgehead atoms. The Hall–Kier alpha value is -2.73. The van der Waals surface area contributed by atoms with E-state index in [0.29, 0.717) is 11.4 Å². The molecule has 1 aromatic heterocycles. The normalized spacial score (nSPS) is 11.2. The van der Waals surface area contributed by atoms with Gasteiger partial charge in [0.1, 0.15) is 12.4 Å². The van der Waals surface area contributed by atoms with E-state index in [2.05, 4.69) is 47.3 Å². The van der Waals surface area contributed by atoms with Gasteiger partial charge in [-0.3, -0.25) is 5.10 Å². The number of unbranched alkanes of at least 4 members (excludes halogenated alkanes) is 1. The molecule has 0 atom stereocenters. The third-order valence-corrected chi connectivity index (χ3v) is 4.43. The van der Waals surface area contributed by atoms with Crippen molar-refractivity contribution in [3.8, 4) is 5.75 Å². The molecule has 0 amide bonds. The number of nitrogens with zero attached hydrogens (tertiary/aromatic N) is 3. The summed E-state index contributed by atoms with van der Waals surface area (Å²) in [6.45, 7) is 4.79. The molecule has 3 aromatic rings. The van der Waals surface area contributed by atoms with Crippen molar-refractivity contribution in [1.82, 2.24) is 14.9 Å². The summed E-state index contributed by atoms with van der Waals surface area (Å²) in [6.07, 6.45) is 4.80. The van der Waals surface area contributed by atoms with Crippen molar-refractivity contribution < 1.29 is 4.74 Å². The summed E-state index contributed by atoms with van der Waals surface area (Å²) >= 11 is 5.26. The second-order valence-corrected chi connectivity index (χ2v) is 6.84. The zero-order valence-corrected chi connectivity index (χ0v) is 16.5. The van der Waals surface area contributed by atoms with Crippen molar-refractivity contribution in [2.24, 2.45) is 5.10 Å². The fraction of sp³-hybridized carbons (Fsp3) is 0.286. The second-order valence-electron chi connectivity index (χ2n) is 6.45. The quantitative estimate of drug-likeness (QED) is 0.439. The van der Waals surface area contributed by atoms with Crippen LogP contribution >= 0.6 is 12.2 Å². The van der Waals surface area contributed by atoms with Gasteiger partial charge < -0.3 is 4.74 Å². The highest BCUT2D eigenvalue weighted by atomic mass is 32.1. The molecule has 0 spiro atoms. The molecule has 1 heterocycles. The van der Waals surface area contributed by atoms with E-state index in [0.717, 1.165) is 42.0 Å². The van der Waals surface area contributed by atoms with Gasteiger partial charge in [0.05, 0.1) is 6.21 Å². The van der Waals surface area contributed by atoms with Gasteiger partial charge in [-0.05, 0) is 61.0 Å². The Kier molecular flexibility index (Phi) is 6.54. The van der Waals surface area contributed by atoms with Crippen LogP contribution in [0.25, 0.3) is 0 Å². The van der Waals surface area contributed by atoms with Crippen LogP contribution in [0.3, 0.4) is 0 Å². The minimum absolute atomic E-state index is 0.510. The number of nitrogens with one attached hydrogen (secondary N) is 1. The summed E-state index contributed by atoms with van der Waals surface area (Å²) in [4.78, 5) is 0. The summed E-state index contributed by atoms with van der Waals surface area (Å²) in [5, 5.41) is 11.5. The van der Waals surface area contributed by atoms with E-state index >= 15 is 0 Å². The minimum atomic E-state index is 0.510. The predicted molar refractivity (Wildman–Crippen MR) is 111 cm³/mol. The van der Waals surface area contributed by atoms with Crippen LogP contribution < -0.4 is 4.74 Å². The van der Waals surface area contributed by atoms with Gasteiger partial charge in [0.2, 0.25) is 4.77 Å². The summed E-state index contributed by atoms with van der Waals surface area (Å²) < 4.78 is 8.05. The number of hydrogen-bond acceptors (Lipinski definition) is 4. The molecule has 0 saturated carbocycles. The third kappa shape index (κ3) is 5.37. The second kappa shape index (κ2) is 9.28. The Balaban J connectivity index is 1.63. The number of aromatic nitrogens is 3. The molecule has 1 N–H and O–H groups in total. The first kappa shape index (κ1) is 19.0. The summed E-state index contributed by atoms with van der Waals surface area (Å²) in [5.41, 5.74) is 3.37. The molecule has 0 aliphatic heterocycles. The number of rotatable bonds is 8. The molecule has 6 heteroatoms. The van der Waals surface area contributed by atoms with E-state index in [1.54, 1.807) is 10.9 Å². The van der Waals surface area contributed by atoms with Crippen LogP contribution in [0.15, 0.2) is 53.6 Å². The highest BCUT2D eigenvalue weighted by Crippen LogP contribution is 2.14. The van der Waals surface area contributed by atoms with Gasteiger partial charge in [0, 0.05) is 6.42 Å². The Labute approximate surface area is 164 Å². The first-order valence-electron chi connectivity index (χ1n) is 9.15.